The van der Waals surface area contributed by atoms with Gasteiger partial charge in [-0.15, -0.1) is 11.6 Å². The lowest BCUT2D eigenvalue weighted by molar-refractivity contribution is 0.567. The summed E-state index contributed by atoms with van der Waals surface area (Å²) in [6.07, 6.45) is 0.532. The van der Waals surface area contributed by atoms with Crippen LogP contribution < -0.4 is 0 Å². The summed E-state index contributed by atoms with van der Waals surface area (Å²) < 4.78 is 35.6. The van der Waals surface area contributed by atoms with Crippen LogP contribution in [-0.4, -0.2) is 19.9 Å². The van der Waals surface area contributed by atoms with Gasteiger partial charge in [-0.2, -0.15) is 0 Å². The Morgan fingerprint density at radius 2 is 2.12 bits per heavy atom. The lowest BCUT2D eigenvalue weighted by Crippen LogP contribution is -2.10. The Kier molecular flexibility index (Phi) is 3.66. The SMILES string of the molecule is O=S1(=O)CCC(C(Cl)c2ccc(F)cc2Cl)C1. The third kappa shape index (κ3) is 2.92. The number of benzene rings is 1. The number of hydrogen-bond donors (Lipinski definition) is 0. The highest BCUT2D eigenvalue weighted by molar-refractivity contribution is 7.91. The van der Waals surface area contributed by atoms with Crippen molar-refractivity contribution in [3.05, 3.63) is 34.6 Å². The number of hydrogen-bond acceptors (Lipinski definition) is 2. The summed E-state index contributed by atoms with van der Waals surface area (Å²) in [6, 6.07) is 3.98. The molecule has 0 N–H and O–H groups in total. The molecule has 1 saturated heterocycles. The molecule has 1 aliphatic rings. The molecule has 0 bridgehead atoms. The Morgan fingerprint density at radius 3 is 2.65 bits per heavy atom. The molecule has 0 aromatic heterocycles. The standard InChI is InChI=1S/C11H11Cl2FO2S/c12-10-5-8(14)1-2-9(10)11(13)7-3-4-17(15,16)6-7/h1-2,5,7,11H,3-4,6H2. The third-order valence-corrected chi connectivity index (χ3v) is 5.65. The Bertz CT molecular complexity index is 530. The normalized spacial score (nSPS) is 24.8. The maximum atomic E-state index is 12.9. The van der Waals surface area contributed by atoms with E-state index in [1.54, 1.807) is 0 Å². The zero-order valence-electron chi connectivity index (χ0n) is 8.87. The Morgan fingerprint density at radius 1 is 1.41 bits per heavy atom. The third-order valence-electron chi connectivity index (χ3n) is 2.94. The monoisotopic (exact) mass is 296 g/mol. The fraction of sp³-hybridized carbons (Fsp3) is 0.455. The van der Waals surface area contributed by atoms with Gasteiger partial charge in [0.1, 0.15) is 5.82 Å². The summed E-state index contributed by atoms with van der Waals surface area (Å²) in [5.41, 5.74) is 0.594. The summed E-state index contributed by atoms with van der Waals surface area (Å²) in [4.78, 5) is 0. The van der Waals surface area contributed by atoms with E-state index in [4.69, 9.17) is 23.2 Å². The summed E-state index contributed by atoms with van der Waals surface area (Å²) in [7, 11) is -2.97. The van der Waals surface area contributed by atoms with Crippen LogP contribution in [0.4, 0.5) is 4.39 Å². The molecule has 94 valence electrons. The average molecular weight is 297 g/mol. The van der Waals surface area contributed by atoms with E-state index >= 15 is 0 Å². The summed E-state index contributed by atoms with van der Waals surface area (Å²) in [5, 5.41) is -0.241. The second kappa shape index (κ2) is 4.75. The van der Waals surface area contributed by atoms with Gasteiger partial charge < -0.3 is 0 Å². The fourth-order valence-corrected chi connectivity index (χ4v) is 4.73. The highest BCUT2D eigenvalue weighted by Crippen LogP contribution is 2.39. The highest BCUT2D eigenvalue weighted by atomic mass is 35.5. The molecule has 1 fully saturated rings. The lowest BCUT2D eigenvalue weighted by Gasteiger charge is -2.17. The van der Waals surface area contributed by atoms with Crippen molar-refractivity contribution in [1.82, 2.24) is 0 Å². The number of rotatable bonds is 2. The lowest BCUT2D eigenvalue weighted by atomic mass is 9.98. The molecule has 6 heteroatoms. The maximum Gasteiger partial charge on any atom is 0.150 e. The molecule has 17 heavy (non-hydrogen) atoms. The number of sulfone groups is 1. The van der Waals surface area contributed by atoms with Crippen LogP contribution in [0.5, 0.6) is 0 Å². The largest absolute Gasteiger partial charge is 0.229 e. The van der Waals surface area contributed by atoms with E-state index in [-0.39, 0.29) is 22.4 Å². The van der Waals surface area contributed by atoms with Crippen LogP contribution in [0.1, 0.15) is 17.4 Å². The van der Waals surface area contributed by atoms with Gasteiger partial charge in [0.2, 0.25) is 0 Å². The van der Waals surface area contributed by atoms with Crippen molar-refractivity contribution in [3.8, 4) is 0 Å². The molecule has 2 atom stereocenters. The Hall–Kier alpha value is -0.320. The first-order valence-corrected chi connectivity index (χ1v) is 7.82. The van der Waals surface area contributed by atoms with Crippen molar-refractivity contribution in [3.63, 3.8) is 0 Å². The van der Waals surface area contributed by atoms with Gasteiger partial charge >= 0.3 is 0 Å². The van der Waals surface area contributed by atoms with E-state index in [0.29, 0.717) is 12.0 Å². The van der Waals surface area contributed by atoms with E-state index < -0.39 is 21.0 Å². The molecule has 1 aliphatic heterocycles. The van der Waals surface area contributed by atoms with Crippen molar-refractivity contribution in [1.29, 1.82) is 0 Å². The van der Waals surface area contributed by atoms with Crippen LogP contribution in [0, 0.1) is 11.7 Å². The Balaban J connectivity index is 2.23. The van der Waals surface area contributed by atoms with Crippen molar-refractivity contribution in [2.45, 2.75) is 11.8 Å². The molecule has 0 spiro atoms. The van der Waals surface area contributed by atoms with Crippen LogP contribution in [0.15, 0.2) is 18.2 Å². The predicted molar refractivity (Wildman–Crippen MR) is 66.8 cm³/mol. The smallest absolute Gasteiger partial charge is 0.150 e. The van der Waals surface area contributed by atoms with E-state index in [2.05, 4.69) is 0 Å². The quantitative estimate of drug-likeness (QED) is 0.786. The first-order chi connectivity index (χ1) is 7.89. The number of alkyl halides is 1. The topological polar surface area (TPSA) is 34.1 Å². The number of halogens is 3. The van der Waals surface area contributed by atoms with Gasteiger partial charge in [-0.05, 0) is 30.0 Å². The highest BCUT2D eigenvalue weighted by Gasteiger charge is 2.34. The van der Waals surface area contributed by atoms with E-state index in [1.807, 2.05) is 0 Å². The fourth-order valence-electron chi connectivity index (χ4n) is 2.03. The van der Waals surface area contributed by atoms with Crippen molar-refractivity contribution in [2.24, 2.45) is 5.92 Å². The van der Waals surface area contributed by atoms with Gasteiger partial charge in [0, 0.05) is 5.02 Å². The minimum atomic E-state index is -2.97. The van der Waals surface area contributed by atoms with Crippen LogP contribution in [0.2, 0.25) is 5.02 Å². The van der Waals surface area contributed by atoms with Crippen LogP contribution in [0.3, 0.4) is 0 Å². The van der Waals surface area contributed by atoms with E-state index in [0.717, 1.165) is 0 Å². The molecular weight excluding hydrogens is 286 g/mol. The zero-order valence-corrected chi connectivity index (χ0v) is 11.2. The molecule has 2 nitrogen and oxygen atoms in total. The summed E-state index contributed by atoms with van der Waals surface area (Å²) in [5.74, 6) is -0.333. The molecular formula is C11H11Cl2FO2S. The van der Waals surface area contributed by atoms with Gasteiger partial charge in [-0.25, -0.2) is 12.8 Å². The van der Waals surface area contributed by atoms with Crippen molar-refractivity contribution < 1.29 is 12.8 Å². The molecule has 0 radical (unpaired) electrons. The summed E-state index contributed by atoms with van der Waals surface area (Å²) in [6.45, 7) is 0. The zero-order chi connectivity index (χ0) is 12.6. The van der Waals surface area contributed by atoms with Gasteiger partial charge in [-0.3, -0.25) is 0 Å². The maximum absolute atomic E-state index is 12.9. The molecule has 2 unspecified atom stereocenters. The molecule has 0 amide bonds. The van der Waals surface area contributed by atoms with Crippen LogP contribution in [0.25, 0.3) is 0 Å². The minimum Gasteiger partial charge on any atom is -0.229 e. The minimum absolute atomic E-state index is 0.0782. The van der Waals surface area contributed by atoms with Gasteiger partial charge in [0.05, 0.1) is 16.9 Å². The predicted octanol–water partition coefficient (Wildman–Crippen LogP) is 3.19. The first-order valence-electron chi connectivity index (χ1n) is 5.18. The van der Waals surface area contributed by atoms with E-state index in [9.17, 15) is 12.8 Å². The first kappa shape index (κ1) is 13.1. The molecule has 0 aliphatic carbocycles. The average Bonchev–Trinajstić information content (AvgIpc) is 2.58. The molecule has 2 rings (SSSR count). The van der Waals surface area contributed by atoms with Crippen molar-refractivity contribution >= 4 is 33.0 Å². The molecule has 1 aromatic carbocycles. The molecule has 1 heterocycles. The summed E-state index contributed by atoms with van der Waals surface area (Å²) >= 11 is 12.1. The Labute approximate surface area is 110 Å². The molecule has 1 aromatic rings. The van der Waals surface area contributed by atoms with E-state index in [1.165, 1.54) is 18.2 Å². The van der Waals surface area contributed by atoms with Gasteiger partial charge in [-0.1, -0.05) is 17.7 Å². The second-order valence-corrected chi connectivity index (χ2v) is 7.34. The van der Waals surface area contributed by atoms with Gasteiger partial charge in [0.25, 0.3) is 0 Å². The second-order valence-electron chi connectivity index (χ2n) is 4.23. The van der Waals surface area contributed by atoms with Gasteiger partial charge in [0.15, 0.2) is 9.84 Å². The van der Waals surface area contributed by atoms with Crippen LogP contribution >= 0.6 is 23.2 Å². The molecule has 0 saturated carbocycles. The van der Waals surface area contributed by atoms with Crippen molar-refractivity contribution in [2.75, 3.05) is 11.5 Å². The van der Waals surface area contributed by atoms with Crippen LogP contribution in [-0.2, 0) is 9.84 Å².